The van der Waals surface area contributed by atoms with Crippen LogP contribution in [0.2, 0.25) is 0 Å². The Morgan fingerprint density at radius 1 is 0.241 bits per heavy atom. The summed E-state index contributed by atoms with van der Waals surface area (Å²) < 4.78 is 7.38. The lowest BCUT2D eigenvalue weighted by molar-refractivity contribution is 1.16. The summed E-state index contributed by atoms with van der Waals surface area (Å²) in [7, 11) is 0. The maximum atomic E-state index is 5.54. The number of aryl methyl sites for hydroxylation is 2. The zero-order valence-corrected chi connectivity index (χ0v) is 45.9. The molecule has 0 saturated carbocycles. The summed E-state index contributed by atoms with van der Waals surface area (Å²) in [5.74, 6) is 0.665. The van der Waals surface area contributed by atoms with Crippen molar-refractivity contribution in [3.05, 3.63) is 296 Å². The Kier molecular flexibility index (Phi) is 11.3. The van der Waals surface area contributed by atoms with E-state index in [2.05, 4.69) is 307 Å². The molecule has 0 radical (unpaired) electrons. The van der Waals surface area contributed by atoms with Gasteiger partial charge < -0.3 is 13.7 Å². The smallest absolute Gasteiger partial charge is 0.160 e. The Bertz CT molecular complexity index is 4870. The molecule has 4 aromatic heterocycles. The van der Waals surface area contributed by atoms with Crippen LogP contribution in [0.4, 0.5) is 0 Å². The summed E-state index contributed by atoms with van der Waals surface area (Å²) >= 11 is 0. The monoisotopic (exact) mass is 1060 g/mol. The molecular weight excluding hydrogens is 1010 g/mol. The number of hydrogen-bond donors (Lipinski definition) is 0. The maximum absolute atomic E-state index is 5.54. The van der Waals surface area contributed by atoms with E-state index in [1.54, 1.807) is 0 Å². The molecule has 16 rings (SSSR count). The number of benzene rings is 12. The highest BCUT2D eigenvalue weighted by Gasteiger charge is 2.25. The van der Waals surface area contributed by atoms with Gasteiger partial charge in [-0.15, -0.1) is 0 Å². The second kappa shape index (κ2) is 19.4. The summed E-state index contributed by atoms with van der Waals surface area (Å²) in [5.41, 5.74) is 23.9. The van der Waals surface area contributed by atoms with Crippen LogP contribution < -0.4 is 0 Å². The van der Waals surface area contributed by atoms with E-state index in [0.29, 0.717) is 5.82 Å². The van der Waals surface area contributed by atoms with Crippen LogP contribution in [0.3, 0.4) is 0 Å². The van der Waals surface area contributed by atoms with Crippen molar-refractivity contribution in [3.8, 4) is 84.3 Å². The van der Waals surface area contributed by atoms with E-state index in [1.807, 2.05) is 6.07 Å². The van der Waals surface area contributed by atoms with Crippen LogP contribution in [0.1, 0.15) is 11.1 Å². The van der Waals surface area contributed by atoms with E-state index in [1.165, 1.54) is 54.6 Å². The van der Waals surface area contributed by atoms with Gasteiger partial charge in [-0.05, 0) is 121 Å². The molecule has 0 bridgehead atoms. The van der Waals surface area contributed by atoms with Gasteiger partial charge in [0.05, 0.1) is 50.2 Å². The molecular formula is C78H53N5. The minimum absolute atomic E-state index is 0.665. The minimum atomic E-state index is 0.665. The van der Waals surface area contributed by atoms with Crippen molar-refractivity contribution >= 4 is 65.4 Å². The summed E-state index contributed by atoms with van der Waals surface area (Å²) in [5, 5.41) is 7.26. The number of rotatable bonds is 9. The fraction of sp³-hybridized carbons (Fsp3) is 0.0256. The van der Waals surface area contributed by atoms with Crippen molar-refractivity contribution in [1.29, 1.82) is 0 Å². The van der Waals surface area contributed by atoms with E-state index in [-0.39, 0.29) is 0 Å². The molecule has 0 aliphatic heterocycles. The third-order valence-corrected chi connectivity index (χ3v) is 16.7. The molecule has 0 spiro atoms. The van der Waals surface area contributed by atoms with Crippen molar-refractivity contribution < 1.29 is 0 Å². The molecule has 4 heterocycles. The van der Waals surface area contributed by atoms with Crippen LogP contribution >= 0.6 is 0 Å². The molecule has 0 saturated heterocycles. The zero-order valence-electron chi connectivity index (χ0n) is 45.9. The summed E-state index contributed by atoms with van der Waals surface area (Å²) in [6.45, 7) is 4.37. The Hall–Kier alpha value is -10.9. The second-order valence-corrected chi connectivity index (χ2v) is 21.9. The highest BCUT2D eigenvalue weighted by Crippen LogP contribution is 2.46. The quantitative estimate of drug-likeness (QED) is 0.145. The van der Waals surface area contributed by atoms with Gasteiger partial charge in [-0.2, -0.15) is 0 Å². The highest BCUT2D eigenvalue weighted by molar-refractivity contribution is 6.13. The lowest BCUT2D eigenvalue weighted by Crippen LogP contribution is -2.04. The van der Waals surface area contributed by atoms with Crippen LogP contribution in [0, 0.1) is 13.8 Å². The summed E-state index contributed by atoms with van der Waals surface area (Å²) in [6.07, 6.45) is 0. The SMILES string of the molecule is Cc1cc(C)cc(-c2ccc3c(c2)c2ccccc2n3-c2c(-c3cccc(-n4c5ccccc5c5ccccc54)c3)cc(-c3cc(-c4ccccc4)nc(-c4ccccc4)n3)cc2-c2cccc(-n3c4ccccc4c4ccccc43)c2)c1. The van der Waals surface area contributed by atoms with E-state index in [9.17, 15) is 0 Å². The molecule has 0 aliphatic rings. The van der Waals surface area contributed by atoms with E-state index >= 15 is 0 Å². The van der Waals surface area contributed by atoms with Crippen molar-refractivity contribution in [3.63, 3.8) is 0 Å². The van der Waals surface area contributed by atoms with Gasteiger partial charge in [0.25, 0.3) is 0 Å². The van der Waals surface area contributed by atoms with Crippen LogP contribution in [-0.2, 0) is 0 Å². The number of nitrogens with zero attached hydrogens (tertiary/aromatic N) is 5. The largest absolute Gasteiger partial charge is 0.309 e. The molecule has 0 atom stereocenters. The van der Waals surface area contributed by atoms with Gasteiger partial charge in [-0.1, -0.05) is 211 Å². The predicted molar refractivity (Wildman–Crippen MR) is 347 cm³/mol. The third kappa shape index (κ3) is 8.08. The standard InChI is InChI=1S/C78H53N5/c1-50-41-51(2)43-57(42-50)54-39-40-76-68(46-54)65-33-13-18-38-75(65)83(76)77-66(55-25-19-27-59(44-55)81-71-34-14-9-29-61(71)62-30-10-15-35-72(62)81)47-58(70-49-69(52-21-5-3-6-22-52)79-78(80-70)53-23-7-4-8-24-53)48-67(77)56-26-20-28-60(45-56)82-73-36-16-11-31-63(73)64-32-12-17-37-74(64)82/h3-49H,1-2H3. The number of aromatic nitrogens is 5. The van der Waals surface area contributed by atoms with Gasteiger partial charge in [0.15, 0.2) is 5.82 Å². The molecule has 390 valence electrons. The fourth-order valence-corrected chi connectivity index (χ4v) is 13.1. The molecule has 5 nitrogen and oxygen atoms in total. The molecule has 83 heavy (non-hydrogen) atoms. The first kappa shape index (κ1) is 48.1. The van der Waals surface area contributed by atoms with Gasteiger partial charge in [-0.25, -0.2) is 9.97 Å². The lowest BCUT2D eigenvalue weighted by Gasteiger charge is -2.22. The Morgan fingerprint density at radius 2 is 0.639 bits per heavy atom. The second-order valence-electron chi connectivity index (χ2n) is 21.9. The summed E-state index contributed by atoms with van der Waals surface area (Å²) in [6, 6.07) is 104. The predicted octanol–water partition coefficient (Wildman–Crippen LogP) is 20.4. The van der Waals surface area contributed by atoms with E-state index < -0.39 is 0 Å². The minimum Gasteiger partial charge on any atom is -0.309 e. The van der Waals surface area contributed by atoms with E-state index in [4.69, 9.17) is 9.97 Å². The Balaban J connectivity index is 1.04. The lowest BCUT2D eigenvalue weighted by atomic mass is 9.91. The van der Waals surface area contributed by atoms with Crippen molar-refractivity contribution in [1.82, 2.24) is 23.7 Å². The van der Waals surface area contributed by atoms with Crippen molar-refractivity contribution in [2.45, 2.75) is 13.8 Å². The van der Waals surface area contributed by atoms with Gasteiger partial charge in [-0.3, -0.25) is 0 Å². The first-order chi connectivity index (χ1) is 41.0. The van der Waals surface area contributed by atoms with Gasteiger partial charge in [0.1, 0.15) is 0 Å². The molecule has 0 aliphatic carbocycles. The normalized spacial score (nSPS) is 11.7. The first-order valence-corrected chi connectivity index (χ1v) is 28.5. The molecule has 0 amide bonds. The first-order valence-electron chi connectivity index (χ1n) is 28.5. The van der Waals surface area contributed by atoms with Gasteiger partial charge >= 0.3 is 0 Å². The molecule has 16 aromatic rings. The maximum Gasteiger partial charge on any atom is 0.160 e. The number of para-hydroxylation sites is 5. The molecule has 0 unspecified atom stereocenters. The van der Waals surface area contributed by atoms with Crippen LogP contribution in [0.5, 0.6) is 0 Å². The van der Waals surface area contributed by atoms with Crippen LogP contribution in [0.15, 0.2) is 285 Å². The molecule has 0 N–H and O–H groups in total. The zero-order chi connectivity index (χ0) is 55.1. The van der Waals surface area contributed by atoms with Crippen LogP contribution in [0.25, 0.3) is 150 Å². The van der Waals surface area contributed by atoms with E-state index in [0.717, 1.165) is 100 Å². The average Bonchev–Trinajstić information content (AvgIpc) is 3.95. The number of hydrogen-bond acceptors (Lipinski definition) is 2. The van der Waals surface area contributed by atoms with Crippen molar-refractivity contribution in [2.75, 3.05) is 0 Å². The highest BCUT2D eigenvalue weighted by atomic mass is 15.0. The Morgan fingerprint density at radius 3 is 1.13 bits per heavy atom. The summed E-state index contributed by atoms with van der Waals surface area (Å²) in [4.78, 5) is 10.8. The topological polar surface area (TPSA) is 40.6 Å². The fourth-order valence-electron chi connectivity index (χ4n) is 13.1. The molecule has 0 fully saturated rings. The van der Waals surface area contributed by atoms with Crippen LogP contribution in [-0.4, -0.2) is 23.7 Å². The molecule has 5 heteroatoms. The average molecular weight is 1060 g/mol. The third-order valence-electron chi connectivity index (χ3n) is 16.7. The van der Waals surface area contributed by atoms with Crippen molar-refractivity contribution in [2.24, 2.45) is 0 Å². The molecule has 12 aromatic carbocycles. The number of fused-ring (bicyclic) bond motifs is 9. The Labute approximate surface area is 480 Å². The van der Waals surface area contributed by atoms with Gasteiger partial charge in [0, 0.05) is 71.5 Å². The van der Waals surface area contributed by atoms with Gasteiger partial charge in [0.2, 0.25) is 0 Å².